The van der Waals surface area contributed by atoms with Crippen molar-refractivity contribution in [2.24, 2.45) is 0 Å². The van der Waals surface area contributed by atoms with Crippen LogP contribution in [0.25, 0.3) is 0 Å². The Labute approximate surface area is 231 Å². The Morgan fingerprint density at radius 1 is 0.711 bits per heavy atom. The predicted molar refractivity (Wildman–Crippen MR) is 150 cm³/mol. The Morgan fingerprint density at radius 2 is 1.11 bits per heavy atom. The van der Waals surface area contributed by atoms with Crippen molar-refractivity contribution < 1.29 is 44.3 Å². The van der Waals surface area contributed by atoms with Crippen LogP contribution in [-0.4, -0.2) is 78.9 Å². The molecule has 13 heteroatoms. The molecule has 0 unspecified atom stereocenters. The minimum atomic E-state index is -3.71. The zero-order chi connectivity index (χ0) is 28.5. The first kappa shape index (κ1) is 34.8. The molecule has 0 bridgehead atoms. The second-order valence-electron chi connectivity index (χ2n) is 7.94. The highest BCUT2D eigenvalue weighted by molar-refractivity contribution is 6.90. The highest BCUT2D eigenvalue weighted by Gasteiger charge is 2.61. The van der Waals surface area contributed by atoms with E-state index in [1.165, 1.54) is 0 Å². The van der Waals surface area contributed by atoms with Crippen molar-refractivity contribution in [3.05, 3.63) is 42.5 Å². The van der Waals surface area contributed by atoms with Gasteiger partial charge in [-0.05, 0) is 66.1 Å². The van der Waals surface area contributed by atoms with Gasteiger partial charge in [0.05, 0.1) is 6.61 Å². The molecule has 0 atom stereocenters. The van der Waals surface area contributed by atoms with Crippen molar-refractivity contribution >= 4 is 37.8 Å². The number of carbonyl (C=O) groups is 1. The molecule has 1 aromatic carbocycles. The molecule has 0 fully saturated rings. The van der Waals surface area contributed by atoms with Gasteiger partial charge in [-0.25, -0.2) is 4.79 Å². The van der Waals surface area contributed by atoms with Crippen LogP contribution < -0.4 is 5.19 Å². The summed E-state index contributed by atoms with van der Waals surface area (Å²) in [5.74, 6) is -0.456. The predicted octanol–water partition coefficient (Wildman–Crippen LogP) is 3.97. The molecule has 0 spiro atoms. The Morgan fingerprint density at radius 3 is 1.45 bits per heavy atom. The van der Waals surface area contributed by atoms with Gasteiger partial charge < -0.3 is 39.5 Å². The molecule has 218 valence electrons. The van der Waals surface area contributed by atoms with Crippen molar-refractivity contribution in [2.45, 2.75) is 60.9 Å². The van der Waals surface area contributed by atoms with Gasteiger partial charge in [-0.3, -0.25) is 0 Å². The second kappa shape index (κ2) is 18.2. The third-order valence-corrected chi connectivity index (χ3v) is 15.7. The number of esters is 1. The summed E-state index contributed by atoms with van der Waals surface area (Å²) in [5.41, 5.74) is 0.329. The molecule has 1 rings (SSSR count). The molecule has 0 aliphatic rings. The number of benzene rings is 1. The second-order valence-corrected chi connectivity index (χ2v) is 15.9. The van der Waals surface area contributed by atoms with E-state index in [2.05, 4.69) is 6.58 Å². The Bertz CT molecular complexity index is 750. The van der Waals surface area contributed by atoms with Crippen molar-refractivity contribution in [1.82, 2.24) is 0 Å². The average Bonchev–Trinajstić information content (AvgIpc) is 2.88. The maximum atomic E-state index is 12.0. The standard InChI is InChI=1S/C25H46O10Si3/c1-9-28-37(29-10-2,30-11-3)34-36(24-19-16-15-17-20-24,22-18-21-27-25(26)23(7)8)35-38(31-12-4,32-13-5)33-14-6/h15-17,19-20H,7,9-14,18,21-22H2,1-6,8H3. The van der Waals surface area contributed by atoms with Crippen molar-refractivity contribution in [2.75, 3.05) is 46.2 Å². The van der Waals surface area contributed by atoms with E-state index in [1.54, 1.807) is 6.92 Å². The highest BCUT2D eigenvalue weighted by Crippen LogP contribution is 2.29. The van der Waals surface area contributed by atoms with E-state index in [0.29, 0.717) is 57.7 Å². The topological polar surface area (TPSA) is 100 Å². The summed E-state index contributed by atoms with van der Waals surface area (Å²) in [7, 11) is -11.0. The van der Waals surface area contributed by atoms with Crippen LogP contribution in [0.1, 0.15) is 54.9 Å². The molecule has 0 aromatic heterocycles. The smallest absolute Gasteiger partial charge is 0.462 e. The Hall–Kier alpha value is -1.24. The van der Waals surface area contributed by atoms with Gasteiger partial charge in [-0.2, -0.15) is 0 Å². The summed E-state index contributed by atoms with van der Waals surface area (Å²) < 4.78 is 55.7. The van der Waals surface area contributed by atoms with Gasteiger partial charge in [-0.1, -0.05) is 36.9 Å². The highest BCUT2D eigenvalue weighted by atomic mass is 28.5. The molecule has 0 radical (unpaired) electrons. The summed E-state index contributed by atoms with van der Waals surface area (Å²) >= 11 is 0. The number of rotatable bonds is 22. The lowest BCUT2D eigenvalue weighted by molar-refractivity contribution is -0.139. The molecule has 10 nitrogen and oxygen atoms in total. The van der Waals surface area contributed by atoms with Crippen LogP contribution in [0, 0.1) is 0 Å². The molecule has 38 heavy (non-hydrogen) atoms. The molecule has 0 heterocycles. The first-order chi connectivity index (χ1) is 18.2. The maximum absolute atomic E-state index is 12.0. The van der Waals surface area contributed by atoms with E-state index < -0.39 is 32.6 Å². The third kappa shape index (κ3) is 10.7. The third-order valence-electron chi connectivity index (χ3n) is 4.95. The first-order valence-corrected chi connectivity index (χ1v) is 18.6. The fourth-order valence-electron chi connectivity index (χ4n) is 3.56. The zero-order valence-corrected chi connectivity index (χ0v) is 27.0. The van der Waals surface area contributed by atoms with E-state index in [-0.39, 0.29) is 6.61 Å². The fourth-order valence-corrected chi connectivity index (χ4v) is 14.7. The summed E-state index contributed by atoms with van der Waals surface area (Å²) in [5, 5.41) is 0.790. The van der Waals surface area contributed by atoms with Crippen molar-refractivity contribution in [3.63, 3.8) is 0 Å². The summed E-state index contributed by atoms with van der Waals surface area (Å²) in [6, 6.07) is 9.93. The van der Waals surface area contributed by atoms with Gasteiger partial charge in [0.2, 0.25) is 0 Å². The number of hydrogen-bond donors (Lipinski definition) is 0. The quantitative estimate of drug-likeness (QED) is 0.0854. The van der Waals surface area contributed by atoms with Gasteiger partial charge in [0.15, 0.2) is 0 Å². The van der Waals surface area contributed by atoms with Gasteiger partial charge in [-0.15, -0.1) is 0 Å². The van der Waals surface area contributed by atoms with E-state index in [9.17, 15) is 4.79 Å². The Kier molecular flexibility index (Phi) is 16.6. The zero-order valence-electron chi connectivity index (χ0n) is 24.0. The minimum Gasteiger partial charge on any atom is -0.462 e. The average molecular weight is 591 g/mol. The van der Waals surface area contributed by atoms with E-state index in [1.807, 2.05) is 71.9 Å². The van der Waals surface area contributed by atoms with Crippen LogP contribution in [0.2, 0.25) is 6.04 Å². The van der Waals surface area contributed by atoms with Crippen LogP contribution in [-0.2, 0) is 44.3 Å². The summed E-state index contributed by atoms with van der Waals surface area (Å²) in [4.78, 5) is 12.0. The summed E-state index contributed by atoms with van der Waals surface area (Å²) in [6.45, 7) is 18.4. The summed E-state index contributed by atoms with van der Waals surface area (Å²) in [6.07, 6.45) is 0.420. The molecular formula is C25H46O10Si3. The van der Waals surface area contributed by atoms with Crippen LogP contribution in [0.15, 0.2) is 42.5 Å². The molecule has 0 aliphatic heterocycles. The molecule has 0 aliphatic carbocycles. The van der Waals surface area contributed by atoms with Crippen LogP contribution in [0.4, 0.5) is 0 Å². The van der Waals surface area contributed by atoms with E-state index in [0.717, 1.165) is 5.19 Å². The number of hydrogen-bond acceptors (Lipinski definition) is 10. The monoisotopic (exact) mass is 590 g/mol. The molecule has 0 saturated carbocycles. The Balaban J connectivity index is 3.70. The number of carbonyl (C=O) groups excluding carboxylic acids is 1. The SMILES string of the molecule is C=C(C)C(=O)OCCC[Si](O[Si](OCC)(OCC)OCC)(O[Si](OCC)(OCC)OCC)c1ccccc1. The minimum absolute atomic E-state index is 0.138. The molecular weight excluding hydrogens is 545 g/mol. The van der Waals surface area contributed by atoms with E-state index in [4.69, 9.17) is 39.5 Å². The van der Waals surface area contributed by atoms with Gasteiger partial charge in [0.1, 0.15) is 0 Å². The van der Waals surface area contributed by atoms with Crippen LogP contribution >= 0.6 is 0 Å². The van der Waals surface area contributed by atoms with Crippen LogP contribution in [0.3, 0.4) is 0 Å². The fraction of sp³-hybridized carbons (Fsp3) is 0.640. The maximum Gasteiger partial charge on any atom is 0.670 e. The normalized spacial score (nSPS) is 12.5. The van der Waals surface area contributed by atoms with Gasteiger partial charge in [0, 0.05) is 45.2 Å². The van der Waals surface area contributed by atoms with Gasteiger partial charge in [0.25, 0.3) is 0 Å². The molecule has 0 saturated heterocycles. The van der Waals surface area contributed by atoms with Crippen LogP contribution in [0.5, 0.6) is 0 Å². The molecule has 0 amide bonds. The molecule has 0 N–H and O–H groups in total. The first-order valence-electron chi connectivity index (χ1n) is 13.3. The lowest BCUT2D eigenvalue weighted by Crippen LogP contribution is -2.69. The largest absolute Gasteiger partial charge is 0.670 e. The molecule has 1 aromatic rings. The lowest BCUT2D eigenvalue weighted by atomic mass is 10.4. The van der Waals surface area contributed by atoms with Gasteiger partial charge >= 0.3 is 32.6 Å². The lowest BCUT2D eigenvalue weighted by Gasteiger charge is -2.41. The van der Waals surface area contributed by atoms with Crippen molar-refractivity contribution in [1.29, 1.82) is 0 Å². The number of ether oxygens (including phenoxy) is 1. The van der Waals surface area contributed by atoms with E-state index >= 15 is 0 Å². The van der Waals surface area contributed by atoms with Crippen molar-refractivity contribution in [3.8, 4) is 0 Å².